The molecule has 0 aromatic heterocycles. The van der Waals surface area contributed by atoms with Crippen LogP contribution in [0.3, 0.4) is 0 Å². The van der Waals surface area contributed by atoms with Crippen LogP contribution in [0, 0.1) is 0 Å². The lowest BCUT2D eigenvalue weighted by atomic mass is 9.93. The second-order valence-electron chi connectivity index (χ2n) is 5.03. The molecular formula is C13H20Cl2N2O3S. The van der Waals surface area contributed by atoms with E-state index in [9.17, 15) is 8.42 Å². The second-order valence-corrected chi connectivity index (χ2v) is 7.12. The van der Waals surface area contributed by atoms with E-state index in [1.54, 1.807) is 6.07 Å². The lowest BCUT2D eigenvalue weighted by Crippen LogP contribution is -2.40. The third-order valence-corrected chi connectivity index (χ3v) is 5.52. The fraction of sp³-hybridized carbons (Fsp3) is 0.538. The second kappa shape index (κ2) is 7.65. The smallest absolute Gasteiger partial charge is 0.242 e. The van der Waals surface area contributed by atoms with Crippen LogP contribution >= 0.6 is 24.0 Å². The van der Waals surface area contributed by atoms with Gasteiger partial charge in [-0.05, 0) is 37.8 Å². The van der Waals surface area contributed by atoms with Crippen molar-refractivity contribution in [2.24, 2.45) is 5.73 Å². The molecule has 1 fully saturated rings. The number of hydrogen-bond donors (Lipinski definition) is 2. The highest BCUT2D eigenvalue weighted by Crippen LogP contribution is 2.27. The van der Waals surface area contributed by atoms with E-state index >= 15 is 0 Å². The van der Waals surface area contributed by atoms with Crippen molar-refractivity contribution in [1.82, 2.24) is 4.72 Å². The Balaban J connectivity index is 0.00000220. The quantitative estimate of drug-likeness (QED) is 0.869. The Hall–Kier alpha value is -0.530. The van der Waals surface area contributed by atoms with Gasteiger partial charge in [-0.3, -0.25) is 0 Å². The molecule has 1 saturated carbocycles. The van der Waals surface area contributed by atoms with E-state index in [1.807, 2.05) is 0 Å². The zero-order chi connectivity index (χ0) is 14.8. The molecule has 21 heavy (non-hydrogen) atoms. The Labute approximate surface area is 136 Å². The average Bonchev–Trinajstić information content (AvgIpc) is 2.41. The van der Waals surface area contributed by atoms with Gasteiger partial charge in [-0.2, -0.15) is 0 Å². The first-order valence-corrected chi connectivity index (χ1v) is 8.40. The predicted octanol–water partition coefficient (Wildman–Crippen LogP) is 2.32. The van der Waals surface area contributed by atoms with Gasteiger partial charge >= 0.3 is 0 Å². The van der Waals surface area contributed by atoms with Crippen LogP contribution in [0.2, 0.25) is 5.02 Å². The van der Waals surface area contributed by atoms with Gasteiger partial charge in [0.1, 0.15) is 10.6 Å². The van der Waals surface area contributed by atoms with Crippen LogP contribution in [0.15, 0.2) is 23.1 Å². The maximum absolute atomic E-state index is 12.4. The van der Waals surface area contributed by atoms with Gasteiger partial charge in [-0.1, -0.05) is 11.6 Å². The van der Waals surface area contributed by atoms with Crippen LogP contribution < -0.4 is 15.2 Å². The van der Waals surface area contributed by atoms with Gasteiger partial charge in [0.15, 0.2) is 0 Å². The van der Waals surface area contributed by atoms with Gasteiger partial charge in [-0.15, -0.1) is 12.4 Å². The molecule has 0 heterocycles. The first-order valence-electron chi connectivity index (χ1n) is 6.54. The maximum Gasteiger partial charge on any atom is 0.242 e. The number of hydrogen-bond acceptors (Lipinski definition) is 4. The molecule has 0 spiro atoms. The van der Waals surface area contributed by atoms with Gasteiger partial charge < -0.3 is 10.5 Å². The minimum absolute atomic E-state index is 0. The molecule has 3 N–H and O–H groups in total. The number of rotatable bonds is 4. The van der Waals surface area contributed by atoms with E-state index in [4.69, 9.17) is 22.1 Å². The van der Waals surface area contributed by atoms with E-state index < -0.39 is 10.0 Å². The average molecular weight is 355 g/mol. The largest absolute Gasteiger partial charge is 0.497 e. The molecule has 1 aromatic rings. The molecule has 0 amide bonds. The summed E-state index contributed by atoms with van der Waals surface area (Å²) in [5.74, 6) is 0.459. The minimum Gasteiger partial charge on any atom is -0.497 e. The Morgan fingerprint density at radius 1 is 1.29 bits per heavy atom. The summed E-state index contributed by atoms with van der Waals surface area (Å²) in [5.41, 5.74) is 5.82. The lowest BCUT2D eigenvalue weighted by molar-refractivity contribution is 0.373. The summed E-state index contributed by atoms with van der Waals surface area (Å²) in [6.07, 6.45) is 3.17. The molecular weight excluding hydrogens is 335 g/mol. The first-order chi connectivity index (χ1) is 9.42. The van der Waals surface area contributed by atoms with Gasteiger partial charge in [0.2, 0.25) is 10.0 Å². The van der Waals surface area contributed by atoms with Gasteiger partial charge in [0.05, 0.1) is 12.1 Å². The van der Waals surface area contributed by atoms with E-state index in [1.165, 1.54) is 19.2 Å². The van der Waals surface area contributed by atoms with Crippen molar-refractivity contribution in [2.45, 2.75) is 42.7 Å². The van der Waals surface area contributed by atoms with Crippen molar-refractivity contribution in [3.05, 3.63) is 23.2 Å². The standard InChI is InChI=1S/C13H19ClN2O3S.ClH/c1-19-11-6-7-12(14)13(8-11)20(17,18)16-10-4-2-9(15)3-5-10;/h6-10,16H,2-5,15H2,1H3;1H. The summed E-state index contributed by atoms with van der Waals surface area (Å²) in [6, 6.07) is 4.67. The maximum atomic E-state index is 12.4. The number of nitrogens with one attached hydrogen (secondary N) is 1. The molecule has 1 aliphatic carbocycles. The molecule has 0 unspecified atom stereocenters. The Bertz CT molecular complexity index is 573. The fourth-order valence-electron chi connectivity index (χ4n) is 2.34. The molecule has 0 aliphatic heterocycles. The molecule has 0 bridgehead atoms. The lowest BCUT2D eigenvalue weighted by Gasteiger charge is -2.26. The number of benzene rings is 1. The normalized spacial score (nSPS) is 22.4. The molecule has 1 aromatic carbocycles. The van der Waals surface area contributed by atoms with E-state index in [0.717, 1.165) is 25.7 Å². The van der Waals surface area contributed by atoms with E-state index in [2.05, 4.69) is 4.72 Å². The third-order valence-electron chi connectivity index (χ3n) is 3.52. The molecule has 2 rings (SSSR count). The van der Waals surface area contributed by atoms with Crippen LogP contribution in [0.1, 0.15) is 25.7 Å². The Morgan fingerprint density at radius 2 is 1.90 bits per heavy atom. The fourth-order valence-corrected chi connectivity index (χ4v) is 4.16. The molecule has 1 aliphatic rings. The zero-order valence-corrected chi connectivity index (χ0v) is 14.1. The van der Waals surface area contributed by atoms with Crippen LogP contribution in [-0.4, -0.2) is 27.6 Å². The third kappa shape index (κ3) is 4.72. The Kier molecular flexibility index (Phi) is 6.74. The molecule has 0 saturated heterocycles. The van der Waals surface area contributed by atoms with Crippen molar-refractivity contribution < 1.29 is 13.2 Å². The van der Waals surface area contributed by atoms with Crippen LogP contribution in [0.5, 0.6) is 5.75 Å². The number of methoxy groups -OCH3 is 1. The minimum atomic E-state index is -3.64. The highest BCUT2D eigenvalue weighted by Gasteiger charge is 2.26. The summed E-state index contributed by atoms with van der Waals surface area (Å²) in [5, 5.41) is 0.186. The highest BCUT2D eigenvalue weighted by atomic mass is 35.5. The van der Waals surface area contributed by atoms with Crippen molar-refractivity contribution in [3.63, 3.8) is 0 Å². The highest BCUT2D eigenvalue weighted by molar-refractivity contribution is 7.89. The van der Waals surface area contributed by atoms with Gasteiger partial charge in [0.25, 0.3) is 0 Å². The van der Waals surface area contributed by atoms with E-state index in [-0.39, 0.29) is 34.4 Å². The first kappa shape index (κ1) is 18.5. The van der Waals surface area contributed by atoms with Gasteiger partial charge in [0, 0.05) is 18.2 Å². The number of sulfonamides is 1. The number of halogens is 2. The molecule has 8 heteroatoms. The van der Waals surface area contributed by atoms with E-state index in [0.29, 0.717) is 5.75 Å². The summed E-state index contributed by atoms with van der Waals surface area (Å²) in [4.78, 5) is 0.0494. The number of ether oxygens (including phenoxy) is 1. The van der Waals surface area contributed by atoms with Crippen molar-refractivity contribution in [2.75, 3.05) is 7.11 Å². The topological polar surface area (TPSA) is 81.4 Å². The van der Waals surface area contributed by atoms with Crippen molar-refractivity contribution in [3.8, 4) is 5.75 Å². The SMILES string of the molecule is COc1ccc(Cl)c(S(=O)(=O)NC2CCC(N)CC2)c1.Cl. The summed E-state index contributed by atoms with van der Waals surface area (Å²) < 4.78 is 32.5. The Morgan fingerprint density at radius 3 is 2.48 bits per heavy atom. The molecule has 120 valence electrons. The van der Waals surface area contributed by atoms with Gasteiger partial charge in [-0.25, -0.2) is 13.1 Å². The predicted molar refractivity (Wildman–Crippen MR) is 85.8 cm³/mol. The van der Waals surface area contributed by atoms with Crippen LogP contribution in [0.25, 0.3) is 0 Å². The summed E-state index contributed by atoms with van der Waals surface area (Å²) >= 11 is 5.98. The van der Waals surface area contributed by atoms with Crippen LogP contribution in [0.4, 0.5) is 0 Å². The molecule has 5 nitrogen and oxygen atoms in total. The van der Waals surface area contributed by atoms with Crippen LogP contribution in [-0.2, 0) is 10.0 Å². The zero-order valence-electron chi connectivity index (χ0n) is 11.7. The summed E-state index contributed by atoms with van der Waals surface area (Å²) in [6.45, 7) is 0. The van der Waals surface area contributed by atoms with Crippen molar-refractivity contribution in [1.29, 1.82) is 0 Å². The monoisotopic (exact) mass is 354 g/mol. The molecule has 0 atom stereocenters. The summed E-state index contributed by atoms with van der Waals surface area (Å²) in [7, 11) is -2.16. The van der Waals surface area contributed by atoms with Crippen molar-refractivity contribution >= 4 is 34.0 Å². The molecule has 0 radical (unpaired) electrons. The number of nitrogens with two attached hydrogens (primary N) is 1.